The summed E-state index contributed by atoms with van der Waals surface area (Å²) in [6.07, 6.45) is 0.945. The van der Waals surface area contributed by atoms with Crippen LogP contribution in [0, 0.1) is 0 Å². The Hall–Kier alpha value is 0.0569. The van der Waals surface area contributed by atoms with Gasteiger partial charge in [0.1, 0.15) is 0 Å². The first-order valence-electron chi connectivity index (χ1n) is 8.71. The summed E-state index contributed by atoms with van der Waals surface area (Å²) in [4.78, 5) is 2.52. The van der Waals surface area contributed by atoms with Gasteiger partial charge in [0.05, 0.1) is 5.67 Å². The third-order valence-electron chi connectivity index (χ3n) is 3.59. The molecule has 5 heteroatoms. The van der Waals surface area contributed by atoms with Crippen LogP contribution < -0.4 is 0 Å². The van der Waals surface area contributed by atoms with Crippen LogP contribution >= 0.6 is 0 Å². The molecule has 1 atom stereocenters. The van der Waals surface area contributed by atoms with E-state index >= 15 is 0 Å². The van der Waals surface area contributed by atoms with Crippen LogP contribution in [0.1, 0.15) is 75.7 Å². The summed E-state index contributed by atoms with van der Waals surface area (Å²) in [5, 5.41) is 0. The van der Waals surface area contributed by atoms with Crippen LogP contribution in [-0.2, 0) is 13.3 Å². The molecule has 4 nitrogen and oxygen atoms in total. The molecule has 0 aliphatic carbocycles. The molecule has 0 aromatic heterocycles. The Kier molecular flexibility index (Phi) is 8.80. The van der Waals surface area contributed by atoms with Gasteiger partial charge in [0.2, 0.25) is 0 Å². The van der Waals surface area contributed by atoms with Crippen molar-refractivity contribution in [3.05, 3.63) is 0 Å². The molecule has 0 heterocycles. The normalized spacial score (nSPS) is 15.4. The highest BCUT2D eigenvalue weighted by molar-refractivity contribution is 6.62. The van der Waals surface area contributed by atoms with Crippen LogP contribution in [0.3, 0.4) is 0 Å². The van der Waals surface area contributed by atoms with E-state index in [2.05, 4.69) is 53.4 Å². The van der Waals surface area contributed by atoms with Crippen LogP contribution in [0.25, 0.3) is 0 Å². The highest BCUT2D eigenvalue weighted by atomic mass is 28.4. The number of rotatable bonds is 9. The van der Waals surface area contributed by atoms with E-state index in [0.717, 1.165) is 6.42 Å². The van der Waals surface area contributed by atoms with Gasteiger partial charge in [-0.15, -0.1) is 0 Å². The lowest BCUT2D eigenvalue weighted by Crippen LogP contribution is -2.70. The summed E-state index contributed by atoms with van der Waals surface area (Å²) >= 11 is 0. The first-order valence-corrected chi connectivity index (χ1v) is 10.5. The molecule has 0 spiro atoms. The number of hydrogen-bond acceptors (Lipinski definition) is 4. The molecule has 0 saturated carbocycles. The minimum absolute atomic E-state index is 0.00246. The third-order valence-corrected chi connectivity index (χ3v) is 7.14. The van der Waals surface area contributed by atoms with Gasteiger partial charge in [0.15, 0.2) is 0 Å². The molecule has 0 radical (unpaired) electrons. The molecule has 0 rings (SSSR count). The van der Waals surface area contributed by atoms with E-state index in [4.69, 9.17) is 13.3 Å². The van der Waals surface area contributed by atoms with E-state index in [1.165, 1.54) is 0 Å². The first kappa shape index (κ1) is 22.1. The standard InChI is InChI=1S/C17H39NO3Si/c1-11-15(18(16(5,6)7)17(8,9)10)22(19-12-2,20-13-3)21-14-4/h15H,11-14H2,1-10H3. The maximum atomic E-state index is 6.19. The molecule has 134 valence electrons. The average molecular weight is 334 g/mol. The van der Waals surface area contributed by atoms with Crippen molar-refractivity contribution in [1.29, 1.82) is 0 Å². The highest BCUT2D eigenvalue weighted by Gasteiger charge is 2.55. The van der Waals surface area contributed by atoms with Crippen molar-refractivity contribution >= 4 is 8.80 Å². The first-order chi connectivity index (χ1) is 10.00. The number of hydrogen-bond donors (Lipinski definition) is 0. The summed E-state index contributed by atoms with van der Waals surface area (Å²) in [5.41, 5.74) is 0.151. The zero-order valence-corrected chi connectivity index (χ0v) is 17.6. The lowest BCUT2D eigenvalue weighted by atomic mass is 9.95. The van der Waals surface area contributed by atoms with Gasteiger partial charge in [-0.2, -0.15) is 0 Å². The topological polar surface area (TPSA) is 30.9 Å². The lowest BCUT2D eigenvalue weighted by molar-refractivity contribution is -0.0333. The second-order valence-electron chi connectivity index (χ2n) is 7.54. The molecule has 0 fully saturated rings. The Bertz CT molecular complexity index is 279. The van der Waals surface area contributed by atoms with Crippen molar-refractivity contribution in [3.63, 3.8) is 0 Å². The van der Waals surface area contributed by atoms with E-state index in [0.29, 0.717) is 19.8 Å². The molecule has 0 bridgehead atoms. The van der Waals surface area contributed by atoms with Crippen LogP contribution in [0.4, 0.5) is 0 Å². The predicted octanol–water partition coefficient (Wildman–Crippen LogP) is 4.25. The zero-order chi connectivity index (χ0) is 17.6. The maximum Gasteiger partial charge on any atom is 0.519 e. The fourth-order valence-electron chi connectivity index (χ4n) is 3.55. The van der Waals surface area contributed by atoms with Crippen molar-refractivity contribution in [3.8, 4) is 0 Å². The fraction of sp³-hybridized carbons (Fsp3) is 1.00. The largest absolute Gasteiger partial charge is 0.519 e. The van der Waals surface area contributed by atoms with Crippen LogP contribution in [0.15, 0.2) is 0 Å². The van der Waals surface area contributed by atoms with Gasteiger partial charge in [0, 0.05) is 30.9 Å². The van der Waals surface area contributed by atoms with Gasteiger partial charge in [-0.05, 0) is 68.7 Å². The van der Waals surface area contributed by atoms with Gasteiger partial charge in [-0.3, -0.25) is 4.90 Å². The second kappa shape index (κ2) is 8.78. The monoisotopic (exact) mass is 333 g/mol. The van der Waals surface area contributed by atoms with E-state index in [1.807, 2.05) is 20.8 Å². The summed E-state index contributed by atoms with van der Waals surface area (Å²) < 4.78 is 18.6. The van der Waals surface area contributed by atoms with Crippen molar-refractivity contribution in [1.82, 2.24) is 4.90 Å². The van der Waals surface area contributed by atoms with Crippen molar-refractivity contribution < 1.29 is 13.3 Å². The molecular formula is C17H39NO3Si. The molecule has 0 amide bonds. The molecule has 1 unspecified atom stereocenters. The van der Waals surface area contributed by atoms with Crippen LogP contribution in [0.5, 0.6) is 0 Å². The summed E-state index contributed by atoms with van der Waals surface area (Å²) in [6.45, 7) is 23.6. The van der Waals surface area contributed by atoms with Gasteiger partial charge >= 0.3 is 8.80 Å². The van der Waals surface area contributed by atoms with Gasteiger partial charge in [0.25, 0.3) is 0 Å². The molecule has 0 N–H and O–H groups in total. The van der Waals surface area contributed by atoms with Gasteiger partial charge in [-0.25, -0.2) is 0 Å². The fourth-order valence-corrected chi connectivity index (χ4v) is 7.17. The summed E-state index contributed by atoms with van der Waals surface area (Å²) in [6, 6.07) is 0. The maximum absolute atomic E-state index is 6.19. The van der Waals surface area contributed by atoms with Crippen molar-refractivity contribution in [2.75, 3.05) is 19.8 Å². The Morgan fingerprint density at radius 3 is 1.23 bits per heavy atom. The summed E-state index contributed by atoms with van der Waals surface area (Å²) in [5.74, 6) is 0. The van der Waals surface area contributed by atoms with Crippen molar-refractivity contribution in [2.24, 2.45) is 0 Å². The number of nitrogens with zero attached hydrogens (tertiary/aromatic N) is 1. The highest BCUT2D eigenvalue weighted by Crippen LogP contribution is 2.34. The Morgan fingerprint density at radius 1 is 0.727 bits per heavy atom. The molecular weight excluding hydrogens is 294 g/mol. The second-order valence-corrected chi connectivity index (χ2v) is 10.3. The van der Waals surface area contributed by atoms with E-state index in [-0.39, 0.29) is 16.7 Å². The Labute approximate surface area is 139 Å². The molecule has 0 aromatic rings. The Morgan fingerprint density at radius 2 is 1.05 bits per heavy atom. The molecule has 22 heavy (non-hydrogen) atoms. The van der Waals surface area contributed by atoms with Gasteiger partial charge < -0.3 is 13.3 Å². The van der Waals surface area contributed by atoms with E-state index < -0.39 is 8.80 Å². The molecule has 0 aliphatic rings. The van der Waals surface area contributed by atoms with E-state index in [9.17, 15) is 0 Å². The van der Waals surface area contributed by atoms with E-state index in [1.54, 1.807) is 0 Å². The predicted molar refractivity (Wildman–Crippen MR) is 96.1 cm³/mol. The van der Waals surface area contributed by atoms with Crippen LogP contribution in [0.2, 0.25) is 0 Å². The minimum atomic E-state index is -2.78. The average Bonchev–Trinajstić information content (AvgIpc) is 2.33. The molecule has 0 aliphatic heterocycles. The van der Waals surface area contributed by atoms with Gasteiger partial charge in [-0.1, -0.05) is 6.92 Å². The lowest BCUT2D eigenvalue weighted by Gasteiger charge is -2.53. The molecule has 0 aromatic carbocycles. The molecule has 0 saturated heterocycles. The van der Waals surface area contributed by atoms with Crippen molar-refractivity contribution in [2.45, 2.75) is 92.4 Å². The summed E-state index contributed by atoms with van der Waals surface area (Å²) in [7, 11) is -2.78. The SMILES string of the molecule is CCO[Si](OCC)(OCC)C(CC)N(C(C)(C)C)C(C)(C)C. The third kappa shape index (κ3) is 5.60. The Balaban J connectivity index is 5.96. The van der Waals surface area contributed by atoms with Crippen LogP contribution in [-0.4, -0.2) is 50.3 Å². The smallest absolute Gasteiger partial charge is 0.373 e. The quantitative estimate of drug-likeness (QED) is 0.590. The minimum Gasteiger partial charge on any atom is -0.373 e. The zero-order valence-electron chi connectivity index (χ0n) is 16.6.